The Morgan fingerprint density at radius 1 is 1.26 bits per heavy atom. The minimum absolute atomic E-state index is 0.0477. The van der Waals surface area contributed by atoms with E-state index in [4.69, 9.17) is 9.15 Å². The highest BCUT2D eigenvalue weighted by Gasteiger charge is 2.21. The molecule has 0 saturated carbocycles. The number of anilines is 1. The Kier molecular flexibility index (Phi) is 6.98. The van der Waals surface area contributed by atoms with Crippen molar-refractivity contribution in [2.24, 2.45) is 0 Å². The topological polar surface area (TPSA) is 124 Å². The first-order valence-corrected chi connectivity index (χ1v) is 11.6. The number of hydrogen-bond donors (Lipinski definition) is 1. The van der Waals surface area contributed by atoms with Crippen molar-refractivity contribution >= 4 is 23.5 Å². The predicted octanol–water partition coefficient (Wildman–Crippen LogP) is 3.72. The molecule has 4 aromatic rings. The molecular formula is C23H23N7O3S. The number of thioether (sulfide) groups is 1. The van der Waals surface area contributed by atoms with E-state index in [1.165, 1.54) is 16.4 Å². The summed E-state index contributed by atoms with van der Waals surface area (Å²) in [5.41, 5.74) is 2.81. The van der Waals surface area contributed by atoms with E-state index in [9.17, 15) is 10.1 Å². The van der Waals surface area contributed by atoms with Crippen LogP contribution in [0.15, 0.2) is 52.2 Å². The second-order valence-corrected chi connectivity index (χ2v) is 8.26. The molecule has 0 radical (unpaired) electrons. The summed E-state index contributed by atoms with van der Waals surface area (Å²) in [4.78, 5) is 12.9. The molecule has 0 unspecified atom stereocenters. The van der Waals surface area contributed by atoms with Gasteiger partial charge in [0.1, 0.15) is 29.1 Å². The molecule has 4 rings (SSSR count). The molecule has 10 nitrogen and oxygen atoms in total. The van der Waals surface area contributed by atoms with E-state index in [1.807, 2.05) is 55.7 Å². The molecule has 11 heteroatoms. The summed E-state index contributed by atoms with van der Waals surface area (Å²) in [5, 5.41) is 24.9. The van der Waals surface area contributed by atoms with Crippen LogP contribution in [0, 0.1) is 25.2 Å². The molecule has 3 heterocycles. The van der Waals surface area contributed by atoms with Gasteiger partial charge in [-0.05, 0) is 61.0 Å². The van der Waals surface area contributed by atoms with Crippen LogP contribution in [0.2, 0.25) is 0 Å². The largest absolute Gasteiger partial charge is 0.492 e. The van der Waals surface area contributed by atoms with Crippen molar-refractivity contribution in [2.75, 3.05) is 17.7 Å². The average molecular weight is 478 g/mol. The van der Waals surface area contributed by atoms with E-state index in [1.54, 1.807) is 12.3 Å². The highest BCUT2D eigenvalue weighted by molar-refractivity contribution is 7.99. The smallest absolute Gasteiger partial charge is 0.235 e. The monoisotopic (exact) mass is 477 g/mol. The Balaban J connectivity index is 1.52. The molecule has 0 bridgehead atoms. The zero-order valence-electron chi connectivity index (χ0n) is 19.0. The minimum atomic E-state index is -0.285. The molecule has 1 N–H and O–H groups in total. The summed E-state index contributed by atoms with van der Waals surface area (Å²) < 4.78 is 14.5. The maximum Gasteiger partial charge on any atom is 0.235 e. The van der Waals surface area contributed by atoms with Gasteiger partial charge < -0.3 is 19.0 Å². The van der Waals surface area contributed by atoms with Gasteiger partial charge in [0.25, 0.3) is 0 Å². The van der Waals surface area contributed by atoms with Gasteiger partial charge in [0.15, 0.2) is 0 Å². The van der Waals surface area contributed by atoms with Crippen LogP contribution in [0.4, 0.5) is 5.82 Å². The summed E-state index contributed by atoms with van der Waals surface area (Å²) in [6, 6.07) is 13.3. The van der Waals surface area contributed by atoms with Gasteiger partial charge in [0.05, 0.1) is 30.7 Å². The van der Waals surface area contributed by atoms with E-state index < -0.39 is 0 Å². The maximum atomic E-state index is 12.9. The molecule has 0 saturated heterocycles. The third-order valence-electron chi connectivity index (χ3n) is 5.26. The molecule has 3 aromatic heterocycles. The Bertz CT molecular complexity index is 1340. The summed E-state index contributed by atoms with van der Waals surface area (Å²) in [6.07, 6.45) is 1.59. The molecule has 0 aliphatic rings. The number of rotatable bonds is 9. The Morgan fingerprint density at radius 2 is 2.09 bits per heavy atom. The fourth-order valence-electron chi connectivity index (χ4n) is 3.51. The number of carbonyl (C=O) groups excluding carboxylic acids is 1. The highest BCUT2D eigenvalue weighted by atomic mass is 32.2. The third-order valence-corrected chi connectivity index (χ3v) is 6.18. The lowest BCUT2D eigenvalue weighted by Crippen LogP contribution is -2.19. The zero-order chi connectivity index (χ0) is 24.1. The van der Waals surface area contributed by atoms with Crippen molar-refractivity contribution in [3.8, 4) is 17.5 Å². The summed E-state index contributed by atoms with van der Waals surface area (Å²) in [7, 11) is 0. The second kappa shape index (κ2) is 10.3. The number of amides is 1. The Labute approximate surface area is 200 Å². The molecule has 174 valence electrons. The van der Waals surface area contributed by atoms with Crippen molar-refractivity contribution in [3.63, 3.8) is 0 Å². The van der Waals surface area contributed by atoms with Gasteiger partial charge in [-0.3, -0.25) is 4.79 Å². The van der Waals surface area contributed by atoms with Crippen molar-refractivity contribution in [1.82, 2.24) is 24.8 Å². The lowest BCUT2D eigenvalue weighted by Gasteiger charge is -2.12. The van der Waals surface area contributed by atoms with Crippen LogP contribution in [0.1, 0.15) is 29.5 Å². The zero-order valence-corrected chi connectivity index (χ0v) is 19.8. The number of ether oxygens (including phenoxy) is 1. The van der Waals surface area contributed by atoms with Crippen molar-refractivity contribution < 1.29 is 13.9 Å². The fourth-order valence-corrected chi connectivity index (χ4v) is 4.20. The number of aromatic nitrogens is 5. The first kappa shape index (κ1) is 23.1. The molecule has 1 amide bonds. The van der Waals surface area contributed by atoms with Gasteiger partial charge in [-0.1, -0.05) is 23.9 Å². The van der Waals surface area contributed by atoms with Crippen LogP contribution >= 0.6 is 11.8 Å². The number of hydrogen-bond acceptors (Lipinski definition) is 8. The number of furan rings is 1. The number of benzene rings is 1. The minimum Gasteiger partial charge on any atom is -0.492 e. The lowest BCUT2D eigenvalue weighted by atomic mass is 10.2. The van der Waals surface area contributed by atoms with E-state index in [0.29, 0.717) is 41.1 Å². The fraction of sp³-hybridized carbons (Fsp3) is 0.261. The first-order chi connectivity index (χ1) is 16.5. The molecule has 0 aliphatic heterocycles. The Hall–Kier alpha value is -4.04. The highest BCUT2D eigenvalue weighted by Crippen LogP contribution is 2.29. The number of nitriles is 1. The predicted molar refractivity (Wildman–Crippen MR) is 126 cm³/mol. The first-order valence-electron chi connectivity index (χ1n) is 10.6. The molecule has 0 spiro atoms. The molecule has 1 aromatic carbocycles. The van der Waals surface area contributed by atoms with Crippen LogP contribution in [-0.2, 0) is 11.3 Å². The summed E-state index contributed by atoms with van der Waals surface area (Å²) >= 11 is 1.19. The van der Waals surface area contributed by atoms with Gasteiger partial charge in [-0.15, -0.1) is 5.10 Å². The number of carbonyl (C=O) groups is 1. The van der Waals surface area contributed by atoms with E-state index >= 15 is 0 Å². The van der Waals surface area contributed by atoms with E-state index in [0.717, 1.165) is 17.0 Å². The standard InChI is InChI=1S/C23H23N7O3S/c1-4-32-20-10-6-5-9-19(20)30-23(26-27-28-30)34-14-21(31)25-22-18(12-24)15(2)16(3)29(22)13-17-8-7-11-33-17/h5-11H,4,13-14H2,1-3H3,(H,25,31). The molecule has 0 fully saturated rings. The maximum absolute atomic E-state index is 12.9. The SMILES string of the molecule is CCOc1ccccc1-n1nnnc1SCC(=O)Nc1c(C#N)c(C)c(C)n1Cc1ccco1. The number of nitrogens with zero attached hydrogens (tertiary/aromatic N) is 6. The van der Waals surface area contributed by atoms with E-state index in [2.05, 4.69) is 26.9 Å². The third kappa shape index (κ3) is 4.67. The lowest BCUT2D eigenvalue weighted by molar-refractivity contribution is -0.113. The number of para-hydroxylation sites is 2. The van der Waals surface area contributed by atoms with Crippen LogP contribution in [0.5, 0.6) is 5.75 Å². The summed E-state index contributed by atoms with van der Waals surface area (Å²) in [6.45, 7) is 6.57. The van der Waals surface area contributed by atoms with Crippen molar-refractivity contribution in [3.05, 3.63) is 65.2 Å². The van der Waals surface area contributed by atoms with Gasteiger partial charge in [-0.2, -0.15) is 9.94 Å². The molecule has 0 aliphatic carbocycles. The van der Waals surface area contributed by atoms with Gasteiger partial charge in [0, 0.05) is 5.69 Å². The number of tetrazole rings is 1. The summed E-state index contributed by atoms with van der Waals surface area (Å²) in [5.74, 6) is 1.57. The molecule has 34 heavy (non-hydrogen) atoms. The van der Waals surface area contributed by atoms with Crippen LogP contribution < -0.4 is 10.1 Å². The molecular weight excluding hydrogens is 454 g/mol. The van der Waals surface area contributed by atoms with Gasteiger partial charge in [0.2, 0.25) is 11.1 Å². The Morgan fingerprint density at radius 3 is 2.82 bits per heavy atom. The van der Waals surface area contributed by atoms with Crippen molar-refractivity contribution in [2.45, 2.75) is 32.5 Å². The average Bonchev–Trinajstić information content (AvgIpc) is 3.57. The van der Waals surface area contributed by atoms with Crippen LogP contribution in [-0.4, -0.2) is 43.0 Å². The van der Waals surface area contributed by atoms with Gasteiger partial charge >= 0.3 is 0 Å². The normalized spacial score (nSPS) is 10.8. The van der Waals surface area contributed by atoms with E-state index in [-0.39, 0.29) is 11.7 Å². The van der Waals surface area contributed by atoms with Gasteiger partial charge in [-0.25, -0.2) is 0 Å². The quantitative estimate of drug-likeness (QED) is 0.362. The van der Waals surface area contributed by atoms with Crippen LogP contribution in [0.25, 0.3) is 5.69 Å². The second-order valence-electron chi connectivity index (χ2n) is 7.32. The molecule has 0 atom stereocenters. The van der Waals surface area contributed by atoms with Crippen molar-refractivity contribution in [1.29, 1.82) is 5.26 Å². The number of nitrogens with one attached hydrogen (secondary N) is 1. The van der Waals surface area contributed by atoms with Crippen LogP contribution in [0.3, 0.4) is 0 Å².